The fourth-order valence-electron chi connectivity index (χ4n) is 2.60. The Labute approximate surface area is 157 Å². The summed E-state index contributed by atoms with van der Waals surface area (Å²) in [6, 6.07) is 15.0. The van der Waals surface area contributed by atoms with Gasteiger partial charge >= 0.3 is 0 Å². The molecule has 1 heterocycles. The summed E-state index contributed by atoms with van der Waals surface area (Å²) in [6.45, 7) is 4.26. The van der Waals surface area contributed by atoms with Crippen LogP contribution in [0.25, 0.3) is 11.4 Å². The number of nitrogens with one attached hydrogen (secondary N) is 1. The highest BCUT2D eigenvalue weighted by atomic mass is 35.5. The second-order valence-electron chi connectivity index (χ2n) is 6.10. The monoisotopic (exact) mass is 369 g/mol. The molecule has 0 aliphatic heterocycles. The molecule has 134 valence electrons. The number of carbonyl (C=O) groups excluding carboxylic acids is 1. The van der Waals surface area contributed by atoms with E-state index in [1.165, 1.54) is 4.80 Å². The summed E-state index contributed by atoms with van der Waals surface area (Å²) in [7, 11) is 0. The quantitative estimate of drug-likeness (QED) is 0.708. The number of carbonyl (C=O) groups is 1. The second kappa shape index (κ2) is 8.10. The summed E-state index contributed by atoms with van der Waals surface area (Å²) in [5.41, 5.74) is 2.74. The van der Waals surface area contributed by atoms with Crippen LogP contribution in [0.15, 0.2) is 48.5 Å². The van der Waals surface area contributed by atoms with Crippen LogP contribution in [0.3, 0.4) is 0 Å². The van der Waals surface area contributed by atoms with Crippen LogP contribution < -0.4 is 5.32 Å². The number of para-hydroxylation sites is 1. The third-order valence-corrected chi connectivity index (χ3v) is 4.47. The number of nitrogens with zero attached hydrogens (tertiary/aromatic N) is 4. The normalized spacial score (nSPS) is 12.0. The lowest BCUT2D eigenvalue weighted by Gasteiger charge is -2.15. The van der Waals surface area contributed by atoms with Crippen molar-refractivity contribution in [2.24, 2.45) is 0 Å². The van der Waals surface area contributed by atoms with E-state index < -0.39 is 0 Å². The Morgan fingerprint density at radius 3 is 2.65 bits per heavy atom. The topological polar surface area (TPSA) is 72.7 Å². The van der Waals surface area contributed by atoms with Gasteiger partial charge in [0.25, 0.3) is 0 Å². The third kappa shape index (κ3) is 4.26. The standard InChI is InChI=1S/C19H20ClN5O/c1-3-13(2)16-6-4-5-7-17(16)21-18(26)12-25-23-19(22-24-25)14-8-10-15(20)11-9-14/h4-11,13H,3,12H2,1-2H3,(H,21,26)/t13-/m0/s1. The third-order valence-electron chi connectivity index (χ3n) is 4.22. The van der Waals surface area contributed by atoms with Crippen molar-refractivity contribution < 1.29 is 4.79 Å². The van der Waals surface area contributed by atoms with Crippen LogP contribution in [-0.4, -0.2) is 26.1 Å². The fourth-order valence-corrected chi connectivity index (χ4v) is 2.73. The van der Waals surface area contributed by atoms with Gasteiger partial charge in [-0.2, -0.15) is 4.80 Å². The molecule has 0 unspecified atom stereocenters. The number of rotatable bonds is 6. The first kappa shape index (κ1) is 18.1. The van der Waals surface area contributed by atoms with E-state index in [0.717, 1.165) is 23.2 Å². The Bertz CT molecular complexity index is 891. The van der Waals surface area contributed by atoms with Crippen molar-refractivity contribution in [3.63, 3.8) is 0 Å². The zero-order valence-electron chi connectivity index (χ0n) is 14.7. The molecular formula is C19H20ClN5O. The summed E-state index contributed by atoms with van der Waals surface area (Å²) >= 11 is 5.88. The Morgan fingerprint density at radius 1 is 1.19 bits per heavy atom. The molecular weight excluding hydrogens is 350 g/mol. The molecule has 0 fully saturated rings. The maximum absolute atomic E-state index is 12.4. The highest BCUT2D eigenvalue weighted by Gasteiger charge is 2.13. The minimum atomic E-state index is -0.194. The first-order valence-corrected chi connectivity index (χ1v) is 8.87. The van der Waals surface area contributed by atoms with Crippen molar-refractivity contribution in [1.82, 2.24) is 20.2 Å². The van der Waals surface area contributed by atoms with Crippen molar-refractivity contribution in [2.45, 2.75) is 32.7 Å². The van der Waals surface area contributed by atoms with Gasteiger partial charge < -0.3 is 5.32 Å². The molecule has 0 saturated carbocycles. The molecule has 0 radical (unpaired) electrons. The van der Waals surface area contributed by atoms with Gasteiger partial charge in [0.1, 0.15) is 6.54 Å². The number of hydrogen-bond acceptors (Lipinski definition) is 4. The van der Waals surface area contributed by atoms with Gasteiger partial charge in [-0.05, 0) is 53.4 Å². The van der Waals surface area contributed by atoms with E-state index in [4.69, 9.17) is 11.6 Å². The minimum absolute atomic E-state index is 0.00453. The highest BCUT2D eigenvalue weighted by molar-refractivity contribution is 6.30. The highest BCUT2D eigenvalue weighted by Crippen LogP contribution is 2.26. The van der Waals surface area contributed by atoms with Gasteiger partial charge in [-0.3, -0.25) is 4.79 Å². The van der Waals surface area contributed by atoms with Crippen LogP contribution in [0, 0.1) is 0 Å². The van der Waals surface area contributed by atoms with Crippen LogP contribution in [0.2, 0.25) is 5.02 Å². The van der Waals surface area contributed by atoms with Gasteiger partial charge in [0.2, 0.25) is 11.7 Å². The fraction of sp³-hybridized carbons (Fsp3) is 0.263. The minimum Gasteiger partial charge on any atom is -0.324 e. The number of anilines is 1. The number of amides is 1. The largest absolute Gasteiger partial charge is 0.324 e. The van der Waals surface area contributed by atoms with E-state index in [2.05, 4.69) is 34.6 Å². The predicted molar refractivity (Wildman–Crippen MR) is 102 cm³/mol. The van der Waals surface area contributed by atoms with Gasteiger partial charge in [-0.1, -0.05) is 43.6 Å². The Balaban J connectivity index is 1.69. The van der Waals surface area contributed by atoms with E-state index in [9.17, 15) is 4.79 Å². The number of hydrogen-bond donors (Lipinski definition) is 1. The average molecular weight is 370 g/mol. The Kier molecular flexibility index (Phi) is 5.63. The average Bonchev–Trinajstić information content (AvgIpc) is 3.10. The van der Waals surface area contributed by atoms with Gasteiger partial charge in [0, 0.05) is 16.3 Å². The van der Waals surface area contributed by atoms with E-state index in [0.29, 0.717) is 16.8 Å². The summed E-state index contributed by atoms with van der Waals surface area (Å²) in [5.74, 6) is 0.628. The maximum Gasteiger partial charge on any atom is 0.248 e. The summed E-state index contributed by atoms with van der Waals surface area (Å²) in [5, 5.41) is 15.8. The van der Waals surface area contributed by atoms with Crippen LogP contribution in [0.4, 0.5) is 5.69 Å². The molecule has 26 heavy (non-hydrogen) atoms. The summed E-state index contributed by atoms with van der Waals surface area (Å²) < 4.78 is 0. The second-order valence-corrected chi connectivity index (χ2v) is 6.53. The van der Waals surface area contributed by atoms with Crippen LogP contribution in [0.5, 0.6) is 0 Å². The Morgan fingerprint density at radius 2 is 1.92 bits per heavy atom. The smallest absolute Gasteiger partial charge is 0.248 e. The van der Waals surface area contributed by atoms with Gasteiger partial charge in [-0.15, -0.1) is 10.2 Å². The van der Waals surface area contributed by atoms with E-state index >= 15 is 0 Å². The molecule has 1 aromatic heterocycles. The molecule has 3 aromatic rings. The van der Waals surface area contributed by atoms with Crippen molar-refractivity contribution >= 4 is 23.2 Å². The molecule has 0 spiro atoms. The molecule has 0 aliphatic carbocycles. The molecule has 1 N–H and O–H groups in total. The van der Waals surface area contributed by atoms with Gasteiger partial charge in [0.15, 0.2) is 0 Å². The molecule has 7 heteroatoms. The zero-order valence-corrected chi connectivity index (χ0v) is 15.4. The first-order valence-electron chi connectivity index (χ1n) is 8.49. The lowest BCUT2D eigenvalue weighted by atomic mass is 9.97. The van der Waals surface area contributed by atoms with Crippen molar-refractivity contribution in [3.05, 3.63) is 59.1 Å². The summed E-state index contributed by atoms with van der Waals surface area (Å²) in [4.78, 5) is 13.7. The number of tetrazole rings is 1. The van der Waals surface area contributed by atoms with E-state index in [1.54, 1.807) is 12.1 Å². The molecule has 2 aromatic carbocycles. The zero-order chi connectivity index (χ0) is 18.5. The van der Waals surface area contributed by atoms with Crippen LogP contribution in [-0.2, 0) is 11.3 Å². The predicted octanol–water partition coefficient (Wildman–Crippen LogP) is 4.15. The molecule has 1 atom stereocenters. The van der Waals surface area contributed by atoms with Crippen molar-refractivity contribution in [3.8, 4) is 11.4 Å². The van der Waals surface area contributed by atoms with E-state index in [-0.39, 0.29) is 12.5 Å². The van der Waals surface area contributed by atoms with Gasteiger partial charge in [0.05, 0.1) is 0 Å². The van der Waals surface area contributed by atoms with Crippen molar-refractivity contribution in [1.29, 1.82) is 0 Å². The molecule has 6 nitrogen and oxygen atoms in total. The lowest BCUT2D eigenvalue weighted by Crippen LogP contribution is -2.21. The van der Waals surface area contributed by atoms with Crippen LogP contribution >= 0.6 is 11.6 Å². The van der Waals surface area contributed by atoms with E-state index in [1.807, 2.05) is 36.4 Å². The lowest BCUT2D eigenvalue weighted by molar-refractivity contribution is -0.117. The number of benzene rings is 2. The Hall–Kier alpha value is -2.73. The molecule has 0 saturated heterocycles. The SMILES string of the molecule is CC[C@H](C)c1ccccc1NC(=O)Cn1nnc(-c2ccc(Cl)cc2)n1. The molecule has 0 bridgehead atoms. The summed E-state index contributed by atoms with van der Waals surface area (Å²) in [6.07, 6.45) is 1.00. The maximum atomic E-state index is 12.4. The molecule has 0 aliphatic rings. The number of halogens is 1. The first-order chi connectivity index (χ1) is 12.6. The number of aromatic nitrogens is 4. The van der Waals surface area contributed by atoms with Crippen LogP contribution in [0.1, 0.15) is 31.7 Å². The van der Waals surface area contributed by atoms with Gasteiger partial charge in [-0.25, -0.2) is 0 Å². The molecule has 1 amide bonds. The van der Waals surface area contributed by atoms with Crippen molar-refractivity contribution in [2.75, 3.05) is 5.32 Å². The molecule has 3 rings (SSSR count).